The zero-order chi connectivity index (χ0) is 21.7. The molecule has 170 valence electrons. The summed E-state index contributed by atoms with van der Waals surface area (Å²) in [5.41, 5.74) is -0.621. The minimum atomic E-state index is -1.31. The van der Waals surface area contributed by atoms with Crippen LogP contribution in [0.1, 0.15) is 65.2 Å². The first-order chi connectivity index (χ1) is 14.4. The Labute approximate surface area is 180 Å². The average Bonchev–Trinajstić information content (AvgIpc) is 2.97. The number of hydrogen-bond donors (Lipinski definition) is 1. The van der Waals surface area contributed by atoms with Crippen LogP contribution in [0.15, 0.2) is 23.6 Å². The number of piperidine rings is 1. The van der Waals surface area contributed by atoms with Crippen LogP contribution in [0.3, 0.4) is 0 Å². The minimum Gasteiger partial charge on any atom is -0.484 e. The van der Waals surface area contributed by atoms with Gasteiger partial charge >= 0.3 is 0 Å². The van der Waals surface area contributed by atoms with Crippen molar-refractivity contribution in [2.45, 2.75) is 83.0 Å². The van der Waals surface area contributed by atoms with Crippen LogP contribution in [-0.4, -0.2) is 72.1 Å². The third kappa shape index (κ3) is 4.74. The van der Waals surface area contributed by atoms with Crippen molar-refractivity contribution in [3.05, 3.63) is 23.6 Å². The summed E-state index contributed by atoms with van der Waals surface area (Å²) in [5.74, 6) is 0.0294. The lowest BCUT2D eigenvalue weighted by Crippen LogP contribution is -2.56. The molecule has 0 saturated carbocycles. The Kier molecular flexibility index (Phi) is 7.96. The lowest BCUT2D eigenvalue weighted by Gasteiger charge is -2.43. The van der Waals surface area contributed by atoms with E-state index in [1.165, 1.54) is 26.4 Å². The molecule has 7 heteroatoms. The number of carbonyl (C=O) groups is 1. The molecule has 0 aromatic heterocycles. The van der Waals surface area contributed by atoms with Crippen LogP contribution in [0.4, 0.5) is 0 Å². The number of hydroxylamine groups is 2. The molecule has 1 N–H and O–H groups in total. The van der Waals surface area contributed by atoms with Crippen LogP contribution in [0.5, 0.6) is 0 Å². The first-order valence-corrected chi connectivity index (χ1v) is 11.5. The molecule has 3 rings (SSSR count). The van der Waals surface area contributed by atoms with Gasteiger partial charge in [-0.3, -0.25) is 9.63 Å². The second kappa shape index (κ2) is 10.3. The summed E-state index contributed by atoms with van der Waals surface area (Å²) in [6.45, 7) is 11.6. The lowest BCUT2D eigenvalue weighted by atomic mass is 9.82. The highest BCUT2D eigenvalue weighted by atomic mass is 16.7. The van der Waals surface area contributed by atoms with Crippen LogP contribution in [0.2, 0.25) is 0 Å². The van der Waals surface area contributed by atoms with Crippen LogP contribution in [0, 0.1) is 0 Å². The number of unbranched alkanes of at least 4 members (excludes halogenated alkanes) is 2. The fourth-order valence-electron chi connectivity index (χ4n) is 4.71. The van der Waals surface area contributed by atoms with Gasteiger partial charge < -0.3 is 19.5 Å². The van der Waals surface area contributed by atoms with E-state index in [0.29, 0.717) is 30.1 Å². The normalized spacial score (nSPS) is 30.1. The molecule has 0 bridgehead atoms. The van der Waals surface area contributed by atoms with E-state index >= 15 is 0 Å². The maximum Gasteiger partial charge on any atom is 0.284 e. The molecule has 0 aromatic rings. The maximum atomic E-state index is 12.9. The molecule has 1 fully saturated rings. The smallest absolute Gasteiger partial charge is 0.284 e. The van der Waals surface area contributed by atoms with Gasteiger partial charge in [0.25, 0.3) is 5.91 Å². The van der Waals surface area contributed by atoms with E-state index in [-0.39, 0.29) is 5.91 Å². The number of amides is 1. The molecule has 30 heavy (non-hydrogen) atoms. The number of rotatable bonds is 10. The predicted octanol–water partition coefficient (Wildman–Crippen LogP) is 3.15. The van der Waals surface area contributed by atoms with Crippen molar-refractivity contribution < 1.29 is 24.2 Å². The molecule has 7 nitrogen and oxygen atoms in total. The van der Waals surface area contributed by atoms with E-state index in [2.05, 4.69) is 18.4 Å². The van der Waals surface area contributed by atoms with Crippen molar-refractivity contribution in [2.24, 2.45) is 0 Å². The van der Waals surface area contributed by atoms with Gasteiger partial charge in [0.2, 0.25) is 0 Å². The third-order valence-corrected chi connectivity index (χ3v) is 6.48. The molecule has 3 heterocycles. The molecular formula is C23H38N2O5. The minimum absolute atomic E-state index is 0.316. The summed E-state index contributed by atoms with van der Waals surface area (Å²) in [4.78, 5) is 20.6. The van der Waals surface area contributed by atoms with E-state index in [1.54, 1.807) is 6.92 Å². The standard InChI is InChI=1S/C23H38N2O5/c1-5-6-8-12-18-23(3,27)21(29-16-11-15-24-13-9-7-10-14-24)19-20(30-18)17(2)25(28-4)22(19)26/h18,21,27H,2,5-16H2,1,3-4H3/t18-,21+,23-/m0/s1. The first-order valence-electron chi connectivity index (χ1n) is 11.5. The number of hydrogen-bond acceptors (Lipinski definition) is 6. The summed E-state index contributed by atoms with van der Waals surface area (Å²) < 4.78 is 12.3. The predicted molar refractivity (Wildman–Crippen MR) is 114 cm³/mol. The lowest BCUT2D eigenvalue weighted by molar-refractivity contribution is -0.171. The second-order valence-corrected chi connectivity index (χ2v) is 8.81. The molecule has 0 spiro atoms. The Bertz CT molecular complexity index is 654. The highest BCUT2D eigenvalue weighted by Crippen LogP contribution is 2.44. The summed E-state index contributed by atoms with van der Waals surface area (Å²) in [7, 11) is 1.42. The summed E-state index contributed by atoms with van der Waals surface area (Å²) in [5, 5.41) is 12.5. The van der Waals surface area contributed by atoms with Gasteiger partial charge in [0.05, 0.1) is 12.7 Å². The number of carbonyl (C=O) groups excluding carboxylic acids is 1. The number of aliphatic hydroxyl groups is 1. The zero-order valence-corrected chi connectivity index (χ0v) is 18.8. The average molecular weight is 423 g/mol. The number of nitrogens with zero attached hydrogens (tertiary/aromatic N) is 2. The fraction of sp³-hybridized carbons (Fsp3) is 0.783. The molecule has 1 saturated heterocycles. The van der Waals surface area contributed by atoms with Crippen LogP contribution < -0.4 is 0 Å². The molecular weight excluding hydrogens is 384 g/mol. The van der Waals surface area contributed by atoms with Gasteiger partial charge in [0.15, 0.2) is 5.76 Å². The van der Waals surface area contributed by atoms with Gasteiger partial charge in [-0.25, -0.2) is 0 Å². The molecule has 3 aliphatic rings. The van der Waals surface area contributed by atoms with E-state index in [9.17, 15) is 9.90 Å². The Hall–Kier alpha value is -1.41. The zero-order valence-electron chi connectivity index (χ0n) is 18.8. The van der Waals surface area contributed by atoms with E-state index in [0.717, 1.165) is 50.4 Å². The molecule has 0 unspecified atom stereocenters. The van der Waals surface area contributed by atoms with Crippen LogP contribution in [-0.2, 0) is 19.1 Å². The van der Waals surface area contributed by atoms with Gasteiger partial charge in [0, 0.05) is 13.2 Å². The summed E-state index contributed by atoms with van der Waals surface area (Å²) in [6, 6.07) is 0. The fourth-order valence-corrected chi connectivity index (χ4v) is 4.71. The monoisotopic (exact) mass is 422 g/mol. The molecule has 0 radical (unpaired) electrons. The van der Waals surface area contributed by atoms with Crippen LogP contribution in [0.25, 0.3) is 0 Å². The molecule has 0 aromatic carbocycles. The largest absolute Gasteiger partial charge is 0.484 e. The van der Waals surface area contributed by atoms with Crippen molar-refractivity contribution in [3.8, 4) is 0 Å². The Morgan fingerprint density at radius 1 is 1.23 bits per heavy atom. The Morgan fingerprint density at radius 2 is 1.97 bits per heavy atom. The Balaban J connectivity index is 1.72. The second-order valence-electron chi connectivity index (χ2n) is 8.81. The topological polar surface area (TPSA) is 71.5 Å². The Morgan fingerprint density at radius 3 is 2.63 bits per heavy atom. The van der Waals surface area contributed by atoms with E-state index < -0.39 is 17.8 Å². The third-order valence-electron chi connectivity index (χ3n) is 6.48. The van der Waals surface area contributed by atoms with Gasteiger partial charge in [0.1, 0.15) is 23.5 Å². The van der Waals surface area contributed by atoms with Crippen molar-refractivity contribution in [2.75, 3.05) is 33.4 Å². The maximum absolute atomic E-state index is 12.9. The highest BCUT2D eigenvalue weighted by Gasteiger charge is 2.55. The first kappa shape index (κ1) is 23.3. The summed E-state index contributed by atoms with van der Waals surface area (Å²) >= 11 is 0. The summed E-state index contributed by atoms with van der Waals surface area (Å²) in [6.07, 6.45) is 7.25. The molecule has 1 amide bonds. The highest BCUT2D eigenvalue weighted by molar-refractivity contribution is 6.00. The van der Waals surface area contributed by atoms with Crippen molar-refractivity contribution in [3.63, 3.8) is 0 Å². The van der Waals surface area contributed by atoms with E-state index in [1.807, 2.05) is 0 Å². The number of ether oxygens (including phenoxy) is 2. The van der Waals surface area contributed by atoms with Gasteiger partial charge in [-0.1, -0.05) is 32.8 Å². The van der Waals surface area contributed by atoms with Gasteiger partial charge in [-0.15, -0.1) is 0 Å². The quantitative estimate of drug-likeness (QED) is 0.546. The molecule has 3 atom stereocenters. The number of likely N-dealkylation sites (tertiary alicyclic amines) is 1. The van der Waals surface area contributed by atoms with Gasteiger partial charge in [-0.05, 0) is 52.1 Å². The molecule has 0 aliphatic carbocycles. The SMILES string of the molecule is C=C1C2=C(C(=O)N1OC)[C@@H](OCCCN1CCCCC1)[C@@](C)(O)[C@H](CCCCC)O2. The van der Waals surface area contributed by atoms with E-state index in [4.69, 9.17) is 14.3 Å². The van der Waals surface area contributed by atoms with Crippen molar-refractivity contribution >= 4 is 5.91 Å². The molecule has 3 aliphatic heterocycles. The van der Waals surface area contributed by atoms with Crippen molar-refractivity contribution in [1.29, 1.82) is 0 Å². The van der Waals surface area contributed by atoms with Crippen LogP contribution >= 0.6 is 0 Å². The van der Waals surface area contributed by atoms with Crippen molar-refractivity contribution in [1.82, 2.24) is 9.96 Å². The van der Waals surface area contributed by atoms with Gasteiger partial charge in [-0.2, -0.15) is 5.06 Å².